The Morgan fingerprint density at radius 3 is 2.70 bits per heavy atom. The second-order valence-electron chi connectivity index (χ2n) is 6.66. The van der Waals surface area contributed by atoms with E-state index in [9.17, 15) is 9.50 Å². The molecule has 4 nitrogen and oxygen atoms in total. The number of benzene rings is 2. The molecule has 3 N–H and O–H groups in total. The minimum absolute atomic E-state index is 0.327. The molecule has 0 saturated carbocycles. The van der Waals surface area contributed by atoms with Gasteiger partial charge in [-0.25, -0.2) is 9.37 Å². The Hall–Kier alpha value is -1.38. The number of hydrogen-bond acceptors (Lipinski definition) is 4. The van der Waals surface area contributed by atoms with E-state index < -0.39 is 5.60 Å². The van der Waals surface area contributed by atoms with E-state index in [1.54, 1.807) is 32.2 Å². The van der Waals surface area contributed by atoms with Gasteiger partial charge in [-0.15, -0.1) is 0 Å². The number of aromatic nitrogens is 2. The van der Waals surface area contributed by atoms with Crippen molar-refractivity contribution in [3.05, 3.63) is 57.9 Å². The van der Waals surface area contributed by atoms with Crippen molar-refractivity contribution in [3.63, 3.8) is 0 Å². The minimum atomic E-state index is -0.813. The molecule has 0 saturated heterocycles. The number of halogens is 3. The zero-order chi connectivity index (χ0) is 19.6. The monoisotopic (exact) mass is 469 g/mol. The van der Waals surface area contributed by atoms with Gasteiger partial charge in [0.15, 0.2) is 0 Å². The normalized spacial score (nSPS) is 11.8. The van der Waals surface area contributed by atoms with Gasteiger partial charge in [-0.2, -0.15) is 0 Å². The van der Waals surface area contributed by atoms with Gasteiger partial charge in [0.2, 0.25) is 0 Å². The van der Waals surface area contributed by atoms with Crippen LogP contribution in [0, 0.1) is 5.82 Å². The number of imidazole rings is 1. The molecular weight excluding hydrogens is 453 g/mol. The zero-order valence-electron chi connectivity index (χ0n) is 14.7. The van der Waals surface area contributed by atoms with Crippen molar-refractivity contribution >= 4 is 39.5 Å². The van der Waals surface area contributed by atoms with Crippen LogP contribution in [0.25, 0.3) is 22.6 Å². The van der Waals surface area contributed by atoms with E-state index in [0.717, 1.165) is 16.2 Å². The third kappa shape index (κ3) is 5.33. The van der Waals surface area contributed by atoms with Crippen LogP contribution < -0.4 is 4.72 Å². The van der Waals surface area contributed by atoms with E-state index in [0.29, 0.717) is 27.4 Å². The molecule has 0 aliphatic heterocycles. The third-order valence-corrected chi connectivity index (χ3v) is 5.63. The van der Waals surface area contributed by atoms with Gasteiger partial charge in [0.05, 0.1) is 27.0 Å². The molecule has 27 heavy (non-hydrogen) atoms. The molecular formula is C19H18BrClFN3OS. The Kier molecular flexibility index (Phi) is 6.28. The number of aromatic amines is 1. The fraction of sp³-hybridized carbons (Fsp3) is 0.211. The molecule has 0 fully saturated rings. The lowest BCUT2D eigenvalue weighted by atomic mass is 10.1. The highest BCUT2D eigenvalue weighted by atomic mass is 79.9. The molecule has 0 aliphatic rings. The topological polar surface area (TPSA) is 60.9 Å². The molecule has 2 aromatic carbocycles. The molecule has 0 atom stereocenters. The second kappa shape index (κ2) is 8.32. The molecule has 142 valence electrons. The predicted octanol–water partition coefficient (Wildman–Crippen LogP) is 5.67. The molecule has 0 aliphatic carbocycles. The summed E-state index contributed by atoms with van der Waals surface area (Å²) in [5.74, 6) is 0.334. The number of nitrogens with one attached hydrogen (secondary N) is 2. The Balaban J connectivity index is 1.81. The average Bonchev–Trinajstić information content (AvgIpc) is 3.08. The maximum Gasteiger partial charge on any atom is 0.138 e. The van der Waals surface area contributed by atoms with Crippen LogP contribution in [-0.2, 0) is 0 Å². The molecule has 0 bridgehead atoms. The third-order valence-electron chi connectivity index (χ3n) is 3.70. The second-order valence-corrected chi connectivity index (χ2v) is 8.85. The number of H-pyrrole nitrogens is 1. The maximum absolute atomic E-state index is 13.8. The van der Waals surface area contributed by atoms with E-state index in [2.05, 4.69) is 30.6 Å². The molecule has 0 radical (unpaired) electrons. The molecule has 0 amide bonds. The minimum Gasteiger partial charge on any atom is -0.389 e. The first-order chi connectivity index (χ1) is 12.7. The highest BCUT2D eigenvalue weighted by molar-refractivity contribution is 9.10. The van der Waals surface area contributed by atoms with E-state index in [1.807, 2.05) is 18.2 Å². The molecule has 1 aromatic heterocycles. The first-order valence-electron chi connectivity index (χ1n) is 8.15. The van der Waals surface area contributed by atoms with Gasteiger partial charge in [0.1, 0.15) is 11.6 Å². The number of rotatable bonds is 6. The molecule has 0 unspecified atom stereocenters. The van der Waals surface area contributed by atoms with E-state index in [1.165, 1.54) is 18.0 Å². The summed E-state index contributed by atoms with van der Waals surface area (Å²) in [6.07, 6.45) is 1.67. The highest BCUT2D eigenvalue weighted by Gasteiger charge is 2.13. The highest BCUT2D eigenvalue weighted by Crippen LogP contribution is 2.31. The van der Waals surface area contributed by atoms with Crippen molar-refractivity contribution in [1.29, 1.82) is 0 Å². The van der Waals surface area contributed by atoms with Gasteiger partial charge in [-0.1, -0.05) is 17.7 Å². The van der Waals surface area contributed by atoms with E-state index in [4.69, 9.17) is 11.6 Å². The van der Waals surface area contributed by atoms with Crippen molar-refractivity contribution in [3.8, 4) is 22.6 Å². The Morgan fingerprint density at radius 2 is 2.00 bits per heavy atom. The van der Waals surface area contributed by atoms with Crippen molar-refractivity contribution in [2.24, 2.45) is 0 Å². The van der Waals surface area contributed by atoms with Crippen LogP contribution in [0.15, 0.2) is 52.0 Å². The summed E-state index contributed by atoms with van der Waals surface area (Å²) in [6, 6.07) is 10.5. The summed E-state index contributed by atoms with van der Waals surface area (Å²) in [7, 11) is 0. The van der Waals surface area contributed by atoms with Crippen molar-refractivity contribution in [1.82, 2.24) is 14.7 Å². The van der Waals surface area contributed by atoms with Crippen LogP contribution in [0.4, 0.5) is 4.39 Å². The smallest absolute Gasteiger partial charge is 0.138 e. The molecule has 3 rings (SSSR count). The van der Waals surface area contributed by atoms with Gasteiger partial charge in [0, 0.05) is 22.6 Å². The van der Waals surface area contributed by atoms with Crippen LogP contribution in [0.1, 0.15) is 13.8 Å². The fourth-order valence-corrected chi connectivity index (χ4v) is 3.71. The number of hydrogen-bond donors (Lipinski definition) is 3. The maximum atomic E-state index is 13.8. The van der Waals surface area contributed by atoms with Crippen LogP contribution in [0.2, 0.25) is 5.02 Å². The van der Waals surface area contributed by atoms with Crippen molar-refractivity contribution in [2.45, 2.75) is 24.3 Å². The largest absolute Gasteiger partial charge is 0.389 e. The Labute approximate surface area is 174 Å². The summed E-state index contributed by atoms with van der Waals surface area (Å²) in [5.41, 5.74) is 1.48. The van der Waals surface area contributed by atoms with Crippen molar-refractivity contribution < 1.29 is 9.50 Å². The fourth-order valence-electron chi connectivity index (χ4n) is 2.30. The van der Waals surface area contributed by atoms with Gasteiger partial charge in [-0.3, -0.25) is 4.72 Å². The van der Waals surface area contributed by atoms with Gasteiger partial charge in [-0.05, 0) is 72.1 Å². The quantitative estimate of drug-likeness (QED) is 0.406. The molecule has 0 spiro atoms. The predicted molar refractivity (Wildman–Crippen MR) is 112 cm³/mol. The number of nitrogens with zero attached hydrogens (tertiary/aromatic N) is 1. The number of aliphatic hydroxyl groups is 1. The van der Waals surface area contributed by atoms with Gasteiger partial charge >= 0.3 is 0 Å². The van der Waals surface area contributed by atoms with Crippen LogP contribution in [-0.4, -0.2) is 27.2 Å². The van der Waals surface area contributed by atoms with E-state index >= 15 is 0 Å². The lowest BCUT2D eigenvalue weighted by Crippen LogP contribution is -2.31. The Morgan fingerprint density at radius 1 is 1.26 bits per heavy atom. The SMILES string of the molecule is CC(C)(O)CNSc1cc(-c2ncc(-c3ccc(Br)c(F)c3)[nH]2)ccc1Cl. The van der Waals surface area contributed by atoms with Gasteiger partial charge < -0.3 is 10.1 Å². The summed E-state index contributed by atoms with van der Waals surface area (Å²) >= 11 is 10.8. The van der Waals surface area contributed by atoms with Crippen LogP contribution in [0.5, 0.6) is 0 Å². The summed E-state index contributed by atoms with van der Waals surface area (Å²) in [5, 5.41) is 10.4. The molecule has 8 heteroatoms. The van der Waals surface area contributed by atoms with Crippen LogP contribution in [0.3, 0.4) is 0 Å². The first kappa shape index (κ1) is 20.4. The standard InChI is InChI=1S/C19H18BrClFN3OS/c1-19(2,26)10-24-27-17-8-12(4-6-14(17)21)18-23-9-16(25-18)11-3-5-13(20)15(22)7-11/h3-9,24,26H,10H2,1-2H3,(H,23,25). The van der Waals surface area contributed by atoms with Crippen LogP contribution >= 0.6 is 39.5 Å². The van der Waals surface area contributed by atoms with Gasteiger partial charge in [0.25, 0.3) is 0 Å². The van der Waals surface area contributed by atoms with E-state index in [-0.39, 0.29) is 5.82 Å². The van der Waals surface area contributed by atoms with Crippen molar-refractivity contribution in [2.75, 3.05) is 6.54 Å². The lowest BCUT2D eigenvalue weighted by Gasteiger charge is -2.17. The lowest BCUT2D eigenvalue weighted by molar-refractivity contribution is 0.0865. The molecule has 1 heterocycles. The summed E-state index contributed by atoms with van der Waals surface area (Å²) < 4.78 is 17.3. The summed E-state index contributed by atoms with van der Waals surface area (Å²) in [4.78, 5) is 8.44. The summed E-state index contributed by atoms with van der Waals surface area (Å²) in [6.45, 7) is 3.88. The Bertz CT molecular complexity index is 958. The first-order valence-corrected chi connectivity index (χ1v) is 10.1. The zero-order valence-corrected chi connectivity index (χ0v) is 17.8. The average molecular weight is 471 g/mol. The molecule has 3 aromatic rings.